The van der Waals surface area contributed by atoms with Crippen LogP contribution in [0.3, 0.4) is 0 Å². The van der Waals surface area contributed by atoms with E-state index in [1.165, 1.54) is 57.1 Å². The summed E-state index contributed by atoms with van der Waals surface area (Å²) < 4.78 is 39.2. The van der Waals surface area contributed by atoms with Crippen molar-refractivity contribution in [3.63, 3.8) is 0 Å². The van der Waals surface area contributed by atoms with Gasteiger partial charge in [-0.15, -0.1) is 0 Å². The highest BCUT2D eigenvalue weighted by atomic mass is 19.2. The van der Waals surface area contributed by atoms with E-state index < -0.39 is 11.6 Å². The Morgan fingerprint density at radius 2 is 1.25 bits per heavy atom. The fourth-order valence-electron chi connectivity index (χ4n) is 5.05. The van der Waals surface area contributed by atoms with E-state index in [0.29, 0.717) is 19.1 Å². The summed E-state index contributed by atoms with van der Waals surface area (Å²) in [6, 6.07) is 2.95. The molecule has 1 aromatic carbocycles. The Balaban J connectivity index is 1.44. The molecule has 0 amide bonds. The molecule has 0 spiro atoms. The molecule has 0 bridgehead atoms. The second-order valence-corrected chi connectivity index (χ2v) is 8.82. The van der Waals surface area contributed by atoms with E-state index in [9.17, 15) is 8.78 Å². The van der Waals surface area contributed by atoms with E-state index in [1.54, 1.807) is 0 Å². The van der Waals surface area contributed by atoms with E-state index in [0.717, 1.165) is 37.0 Å². The van der Waals surface area contributed by atoms with Gasteiger partial charge in [0.25, 0.3) is 0 Å². The third kappa shape index (κ3) is 5.39. The van der Waals surface area contributed by atoms with Crippen molar-refractivity contribution < 1.29 is 18.3 Å². The molecule has 0 atom stereocenters. The van der Waals surface area contributed by atoms with Crippen LogP contribution in [0.15, 0.2) is 12.1 Å². The lowest BCUT2D eigenvalue weighted by molar-refractivity contribution is 0.121. The van der Waals surface area contributed by atoms with Crippen LogP contribution in [-0.4, -0.2) is 13.2 Å². The molecule has 28 heavy (non-hydrogen) atoms. The van der Waals surface area contributed by atoms with E-state index in [1.807, 2.05) is 6.92 Å². The summed E-state index contributed by atoms with van der Waals surface area (Å²) in [5.74, 6) is 1.25. The molecule has 2 fully saturated rings. The van der Waals surface area contributed by atoms with Crippen molar-refractivity contribution in [2.24, 2.45) is 23.7 Å². The second kappa shape index (κ2) is 10.5. The number of halogens is 2. The van der Waals surface area contributed by atoms with Crippen molar-refractivity contribution in [3.8, 4) is 11.5 Å². The standard InChI is InChI=1S/C24H36F2O2/c1-3-15-27-21-13-14-22(24(26)23(21)25)28-16-18-7-11-20(12-8-18)19-9-5-17(4-2)6-10-19/h13-14,17-20H,3-12,15-16H2,1-2H3/t17-,18?,19-,20?. The van der Waals surface area contributed by atoms with Gasteiger partial charge in [-0.2, -0.15) is 8.78 Å². The molecule has 2 aliphatic rings. The van der Waals surface area contributed by atoms with Crippen molar-refractivity contribution >= 4 is 0 Å². The summed E-state index contributed by atoms with van der Waals surface area (Å²) >= 11 is 0. The van der Waals surface area contributed by atoms with Crippen molar-refractivity contribution in [2.75, 3.05) is 13.2 Å². The van der Waals surface area contributed by atoms with Crippen molar-refractivity contribution in [2.45, 2.75) is 78.1 Å². The molecule has 0 aliphatic heterocycles. The van der Waals surface area contributed by atoms with Crippen LogP contribution < -0.4 is 9.47 Å². The molecular weight excluding hydrogens is 358 g/mol. The van der Waals surface area contributed by atoms with Crippen LogP contribution in [0, 0.1) is 35.3 Å². The Labute approximate surface area is 169 Å². The molecule has 0 N–H and O–H groups in total. The van der Waals surface area contributed by atoms with Gasteiger partial charge in [0.05, 0.1) is 13.2 Å². The molecule has 3 rings (SSSR count). The number of ether oxygens (including phenoxy) is 2. The first kappa shape index (κ1) is 21.4. The molecule has 2 saturated carbocycles. The summed E-state index contributed by atoms with van der Waals surface area (Å²) in [7, 11) is 0. The van der Waals surface area contributed by atoms with Crippen LogP contribution in [0.5, 0.6) is 11.5 Å². The van der Waals surface area contributed by atoms with Gasteiger partial charge in [-0.05, 0) is 80.8 Å². The Morgan fingerprint density at radius 1 is 0.750 bits per heavy atom. The average molecular weight is 395 g/mol. The molecule has 1 aromatic rings. The molecular formula is C24H36F2O2. The fraction of sp³-hybridized carbons (Fsp3) is 0.750. The zero-order chi connectivity index (χ0) is 19.9. The predicted molar refractivity (Wildman–Crippen MR) is 109 cm³/mol. The minimum atomic E-state index is -0.947. The van der Waals surface area contributed by atoms with Crippen molar-refractivity contribution in [1.82, 2.24) is 0 Å². The van der Waals surface area contributed by atoms with E-state index in [-0.39, 0.29) is 11.5 Å². The number of hydrogen-bond acceptors (Lipinski definition) is 2. The highest BCUT2D eigenvalue weighted by Gasteiger charge is 2.30. The molecule has 0 saturated heterocycles. The maximum atomic E-state index is 14.2. The zero-order valence-corrected chi connectivity index (χ0v) is 17.5. The van der Waals surface area contributed by atoms with Crippen LogP contribution in [0.25, 0.3) is 0 Å². The first-order chi connectivity index (χ1) is 13.6. The minimum absolute atomic E-state index is 0.00126. The Hall–Kier alpha value is -1.32. The molecule has 158 valence electrons. The van der Waals surface area contributed by atoms with Crippen LogP contribution in [0.1, 0.15) is 78.1 Å². The van der Waals surface area contributed by atoms with Crippen LogP contribution in [0.2, 0.25) is 0 Å². The van der Waals surface area contributed by atoms with Gasteiger partial charge >= 0.3 is 0 Å². The maximum Gasteiger partial charge on any atom is 0.204 e. The molecule has 0 radical (unpaired) electrons. The van der Waals surface area contributed by atoms with Crippen LogP contribution >= 0.6 is 0 Å². The van der Waals surface area contributed by atoms with E-state index in [2.05, 4.69) is 6.92 Å². The monoisotopic (exact) mass is 394 g/mol. The number of rotatable bonds is 8. The van der Waals surface area contributed by atoms with E-state index in [4.69, 9.17) is 9.47 Å². The third-order valence-corrected chi connectivity index (χ3v) is 6.97. The maximum absolute atomic E-state index is 14.2. The largest absolute Gasteiger partial charge is 0.490 e. The summed E-state index contributed by atoms with van der Waals surface area (Å²) in [5, 5.41) is 0. The average Bonchev–Trinajstić information content (AvgIpc) is 2.74. The zero-order valence-electron chi connectivity index (χ0n) is 17.5. The first-order valence-electron chi connectivity index (χ1n) is 11.4. The van der Waals surface area contributed by atoms with Gasteiger partial charge in [0.2, 0.25) is 11.6 Å². The summed E-state index contributed by atoms with van der Waals surface area (Å²) in [6.45, 7) is 5.09. The molecule has 0 heterocycles. The molecule has 2 nitrogen and oxygen atoms in total. The molecule has 0 unspecified atom stereocenters. The second-order valence-electron chi connectivity index (χ2n) is 8.82. The van der Waals surface area contributed by atoms with Gasteiger partial charge < -0.3 is 9.47 Å². The molecule has 0 aromatic heterocycles. The number of benzene rings is 1. The van der Waals surface area contributed by atoms with Crippen molar-refractivity contribution in [3.05, 3.63) is 23.8 Å². The SMILES string of the molecule is CCCOc1ccc(OCC2CCC([C@H]3CC[C@H](CC)CC3)CC2)c(F)c1F. The van der Waals surface area contributed by atoms with Gasteiger partial charge in [-0.25, -0.2) is 0 Å². The van der Waals surface area contributed by atoms with E-state index >= 15 is 0 Å². The first-order valence-corrected chi connectivity index (χ1v) is 11.4. The van der Waals surface area contributed by atoms with Gasteiger partial charge in [-0.3, -0.25) is 0 Å². The summed E-state index contributed by atoms with van der Waals surface area (Å²) in [5.41, 5.74) is 0. The Bertz CT molecular complexity index is 603. The Kier molecular flexibility index (Phi) is 7.99. The lowest BCUT2D eigenvalue weighted by Crippen LogP contribution is -2.27. The van der Waals surface area contributed by atoms with Gasteiger partial charge in [0.1, 0.15) is 0 Å². The fourth-order valence-corrected chi connectivity index (χ4v) is 5.05. The number of hydrogen-bond donors (Lipinski definition) is 0. The normalized spacial score (nSPS) is 28.1. The van der Waals surface area contributed by atoms with Crippen LogP contribution in [0.4, 0.5) is 8.78 Å². The lowest BCUT2D eigenvalue weighted by atomic mass is 9.69. The third-order valence-electron chi connectivity index (χ3n) is 6.97. The summed E-state index contributed by atoms with van der Waals surface area (Å²) in [4.78, 5) is 0. The lowest BCUT2D eigenvalue weighted by Gasteiger charge is -2.37. The van der Waals surface area contributed by atoms with Gasteiger partial charge in [0.15, 0.2) is 11.5 Å². The van der Waals surface area contributed by atoms with Gasteiger partial charge in [0, 0.05) is 0 Å². The van der Waals surface area contributed by atoms with Crippen LogP contribution in [-0.2, 0) is 0 Å². The Morgan fingerprint density at radius 3 is 1.75 bits per heavy atom. The minimum Gasteiger partial charge on any atom is -0.490 e. The summed E-state index contributed by atoms with van der Waals surface area (Å²) in [6.07, 6.45) is 12.5. The van der Waals surface area contributed by atoms with Gasteiger partial charge in [-0.1, -0.05) is 33.1 Å². The molecule has 2 aliphatic carbocycles. The topological polar surface area (TPSA) is 18.5 Å². The van der Waals surface area contributed by atoms with Crippen molar-refractivity contribution in [1.29, 1.82) is 0 Å². The quantitative estimate of drug-likeness (QED) is 0.466. The smallest absolute Gasteiger partial charge is 0.204 e. The predicted octanol–water partition coefficient (Wildman–Crippen LogP) is 7.16. The molecule has 4 heteroatoms. The highest BCUT2D eigenvalue weighted by Crippen LogP contribution is 2.42. The highest BCUT2D eigenvalue weighted by molar-refractivity contribution is 5.35.